The molecule has 0 spiro atoms. The zero-order valence-electron chi connectivity index (χ0n) is 19.8. The minimum Gasteiger partial charge on any atom is -0.398 e. The van der Waals surface area contributed by atoms with Crippen molar-refractivity contribution in [2.45, 2.75) is 51.0 Å². The smallest absolute Gasteiger partial charge is 0.130 e. The SMILES string of the molecule is C=C1CCCCN1C1CCC(C#N)CC1.C=Cc1ccc(C(=C)Nc2ccc(Cl)cn2)c(N)c1. The molecule has 1 aliphatic carbocycles. The fourth-order valence-electron chi connectivity index (χ4n) is 4.52. The van der Waals surface area contributed by atoms with Crippen molar-refractivity contribution in [3.63, 3.8) is 0 Å². The third-order valence-electron chi connectivity index (χ3n) is 6.48. The molecule has 178 valence electrons. The number of nitrogens with two attached hydrogens (primary N) is 1. The van der Waals surface area contributed by atoms with Crippen molar-refractivity contribution < 1.29 is 0 Å². The molecule has 2 fully saturated rings. The largest absolute Gasteiger partial charge is 0.398 e. The van der Waals surface area contributed by atoms with E-state index in [-0.39, 0.29) is 0 Å². The summed E-state index contributed by atoms with van der Waals surface area (Å²) in [6, 6.07) is 12.3. The number of halogens is 1. The first-order valence-electron chi connectivity index (χ1n) is 11.8. The highest BCUT2D eigenvalue weighted by atomic mass is 35.5. The van der Waals surface area contributed by atoms with Gasteiger partial charge in [0, 0.05) is 47.3 Å². The minimum absolute atomic E-state index is 0.319. The Labute approximate surface area is 208 Å². The van der Waals surface area contributed by atoms with Crippen LogP contribution in [0.1, 0.15) is 56.1 Å². The van der Waals surface area contributed by atoms with Crippen LogP contribution in [0.2, 0.25) is 5.02 Å². The van der Waals surface area contributed by atoms with E-state index in [0.717, 1.165) is 24.0 Å². The Morgan fingerprint density at radius 2 is 1.97 bits per heavy atom. The first-order valence-corrected chi connectivity index (χ1v) is 12.2. The molecule has 3 N–H and O–H groups in total. The number of rotatable bonds is 5. The van der Waals surface area contributed by atoms with Gasteiger partial charge in [-0.3, -0.25) is 0 Å². The van der Waals surface area contributed by atoms with Gasteiger partial charge in [-0.25, -0.2) is 4.98 Å². The maximum absolute atomic E-state index is 8.86. The van der Waals surface area contributed by atoms with E-state index in [1.807, 2.05) is 18.2 Å². The zero-order chi connectivity index (χ0) is 24.5. The zero-order valence-corrected chi connectivity index (χ0v) is 20.5. The lowest BCUT2D eigenvalue weighted by Gasteiger charge is -2.40. The number of nitrogens with zero attached hydrogens (tertiary/aromatic N) is 3. The number of hydrogen-bond donors (Lipinski definition) is 2. The predicted octanol–water partition coefficient (Wildman–Crippen LogP) is 7.11. The van der Waals surface area contributed by atoms with Crippen molar-refractivity contribution in [1.82, 2.24) is 9.88 Å². The van der Waals surface area contributed by atoms with Gasteiger partial charge in [0.15, 0.2) is 0 Å². The number of piperidine rings is 1. The van der Waals surface area contributed by atoms with Crippen LogP contribution < -0.4 is 11.1 Å². The second-order valence-corrected chi connectivity index (χ2v) is 9.30. The molecule has 2 aromatic rings. The lowest BCUT2D eigenvalue weighted by Crippen LogP contribution is -2.39. The first-order chi connectivity index (χ1) is 16.4. The van der Waals surface area contributed by atoms with E-state index < -0.39 is 0 Å². The molecule has 0 radical (unpaired) electrons. The van der Waals surface area contributed by atoms with Crippen molar-refractivity contribution in [2.75, 3.05) is 17.6 Å². The van der Waals surface area contributed by atoms with E-state index in [4.69, 9.17) is 22.6 Å². The van der Waals surface area contributed by atoms with Crippen molar-refractivity contribution in [2.24, 2.45) is 5.92 Å². The number of benzene rings is 1. The van der Waals surface area contributed by atoms with E-state index in [9.17, 15) is 0 Å². The Morgan fingerprint density at radius 1 is 1.21 bits per heavy atom. The van der Waals surface area contributed by atoms with E-state index in [1.165, 1.54) is 44.3 Å². The first kappa shape index (κ1) is 25.4. The van der Waals surface area contributed by atoms with Crippen LogP contribution in [0.25, 0.3) is 11.8 Å². The molecule has 2 aliphatic rings. The van der Waals surface area contributed by atoms with Crippen molar-refractivity contribution in [3.05, 3.63) is 78.1 Å². The van der Waals surface area contributed by atoms with Gasteiger partial charge in [0.1, 0.15) is 5.82 Å². The monoisotopic (exact) mass is 475 g/mol. The van der Waals surface area contributed by atoms with Crippen LogP contribution in [-0.2, 0) is 0 Å². The standard InChI is InChI=1S/C15H14ClN3.C13H20N2/c1-3-11-4-6-13(14(17)8-11)10(2)19-15-7-5-12(16)9-18-15;1-11-4-2-3-9-15(11)13-7-5-12(10-14)6-8-13/h3-9H,1-2,17H2,(H,18,19);12-13H,1-9H2. The number of hydrogen-bond acceptors (Lipinski definition) is 5. The molecule has 0 unspecified atom stereocenters. The van der Waals surface area contributed by atoms with Gasteiger partial charge in [-0.2, -0.15) is 5.26 Å². The Morgan fingerprint density at radius 3 is 2.56 bits per heavy atom. The van der Waals surface area contributed by atoms with E-state index in [1.54, 1.807) is 24.4 Å². The molecule has 1 saturated carbocycles. The quantitative estimate of drug-likeness (QED) is 0.450. The second-order valence-electron chi connectivity index (χ2n) is 8.87. The molecule has 1 saturated heterocycles. The topological polar surface area (TPSA) is 78.0 Å². The molecule has 0 bridgehead atoms. The van der Waals surface area contributed by atoms with Crippen LogP contribution in [0.4, 0.5) is 11.5 Å². The summed E-state index contributed by atoms with van der Waals surface area (Å²) in [7, 11) is 0. The summed E-state index contributed by atoms with van der Waals surface area (Å²) in [5, 5.41) is 12.5. The maximum atomic E-state index is 8.86. The molecule has 0 atom stereocenters. The van der Waals surface area contributed by atoms with Crippen molar-refractivity contribution in [3.8, 4) is 6.07 Å². The molecular formula is C28H34ClN5. The number of nitriles is 1. The Balaban J connectivity index is 0.000000196. The summed E-state index contributed by atoms with van der Waals surface area (Å²) < 4.78 is 0. The normalized spacial score (nSPS) is 19.9. The van der Waals surface area contributed by atoms with Crippen LogP contribution in [0, 0.1) is 17.2 Å². The van der Waals surface area contributed by atoms with Gasteiger partial charge in [0.25, 0.3) is 0 Å². The fraction of sp³-hybridized carbons (Fsp3) is 0.357. The number of allylic oxidation sites excluding steroid dienone is 1. The number of nitrogen functional groups attached to an aromatic ring is 1. The van der Waals surface area contributed by atoms with Gasteiger partial charge in [-0.1, -0.05) is 49.5 Å². The molecule has 1 aromatic heterocycles. The molecule has 34 heavy (non-hydrogen) atoms. The van der Waals surface area contributed by atoms with Crippen LogP contribution in [0.3, 0.4) is 0 Å². The summed E-state index contributed by atoms with van der Waals surface area (Å²) >= 11 is 5.78. The number of likely N-dealkylation sites (tertiary alicyclic amines) is 1. The maximum Gasteiger partial charge on any atom is 0.130 e. The van der Waals surface area contributed by atoms with Crippen LogP contribution in [0.5, 0.6) is 0 Å². The number of pyridine rings is 1. The second kappa shape index (κ2) is 12.3. The molecule has 2 heterocycles. The molecule has 6 heteroatoms. The van der Waals surface area contributed by atoms with Gasteiger partial charge in [0.05, 0.1) is 11.1 Å². The molecule has 0 amide bonds. The van der Waals surface area contributed by atoms with Gasteiger partial charge in [-0.15, -0.1) is 0 Å². The molecule has 1 aliphatic heterocycles. The lowest BCUT2D eigenvalue weighted by molar-refractivity contribution is 0.163. The molecule has 4 rings (SSSR count). The molecule has 1 aromatic carbocycles. The van der Waals surface area contributed by atoms with Gasteiger partial charge < -0.3 is 16.0 Å². The van der Waals surface area contributed by atoms with Gasteiger partial charge in [0.2, 0.25) is 0 Å². The van der Waals surface area contributed by atoms with Crippen LogP contribution >= 0.6 is 11.6 Å². The van der Waals surface area contributed by atoms with Gasteiger partial charge in [-0.05, 0) is 68.7 Å². The highest BCUT2D eigenvalue weighted by molar-refractivity contribution is 6.30. The average Bonchev–Trinajstić information content (AvgIpc) is 2.86. The highest BCUT2D eigenvalue weighted by Gasteiger charge is 2.27. The summed E-state index contributed by atoms with van der Waals surface area (Å²) in [6.07, 6.45) is 11.7. The Kier molecular flexibility index (Phi) is 9.18. The summed E-state index contributed by atoms with van der Waals surface area (Å²) in [4.78, 5) is 6.66. The lowest BCUT2D eigenvalue weighted by atomic mass is 9.85. The average molecular weight is 476 g/mol. The fourth-order valence-corrected chi connectivity index (χ4v) is 4.64. The summed E-state index contributed by atoms with van der Waals surface area (Å²) in [5.74, 6) is 0.987. The van der Waals surface area contributed by atoms with Gasteiger partial charge >= 0.3 is 0 Å². The van der Waals surface area contributed by atoms with Crippen molar-refractivity contribution in [1.29, 1.82) is 5.26 Å². The molecular weight excluding hydrogens is 442 g/mol. The predicted molar refractivity (Wildman–Crippen MR) is 144 cm³/mol. The van der Waals surface area contributed by atoms with Crippen LogP contribution in [0.15, 0.2) is 62.0 Å². The summed E-state index contributed by atoms with van der Waals surface area (Å²) in [5.41, 5.74) is 10.5. The Hall–Kier alpha value is -3.23. The van der Waals surface area contributed by atoms with E-state index in [0.29, 0.717) is 34.2 Å². The molecule has 5 nitrogen and oxygen atoms in total. The van der Waals surface area contributed by atoms with Crippen LogP contribution in [-0.4, -0.2) is 22.5 Å². The van der Waals surface area contributed by atoms with E-state index >= 15 is 0 Å². The highest BCUT2D eigenvalue weighted by Crippen LogP contribution is 2.32. The number of anilines is 2. The van der Waals surface area contributed by atoms with Crippen molar-refractivity contribution >= 4 is 34.9 Å². The number of nitrogens with one attached hydrogen (secondary N) is 1. The third kappa shape index (κ3) is 6.88. The summed E-state index contributed by atoms with van der Waals surface area (Å²) in [6.45, 7) is 13.0. The van der Waals surface area contributed by atoms with E-state index in [2.05, 4.69) is 41.0 Å². The Bertz CT molecular complexity index is 1050. The number of aromatic nitrogens is 1. The third-order valence-corrected chi connectivity index (χ3v) is 6.71. The minimum atomic E-state index is 0.319.